The first-order valence-electron chi connectivity index (χ1n) is 6.48. The predicted octanol–water partition coefficient (Wildman–Crippen LogP) is 3.59. The fourth-order valence-corrected chi connectivity index (χ4v) is 3.06. The maximum atomic E-state index is 11.3. The Morgan fingerprint density at radius 2 is 1.85 bits per heavy atom. The number of carboxylic acids is 1. The van der Waals surface area contributed by atoms with Gasteiger partial charge in [-0.1, -0.05) is 30.3 Å². The van der Waals surface area contributed by atoms with Crippen LogP contribution in [-0.4, -0.2) is 24.2 Å². The summed E-state index contributed by atoms with van der Waals surface area (Å²) in [5, 5.41) is 9.31. The fourth-order valence-electron chi connectivity index (χ4n) is 2.57. The summed E-state index contributed by atoms with van der Waals surface area (Å²) >= 11 is 2.14. The minimum Gasteiger partial charge on any atom is -0.478 e. The van der Waals surface area contributed by atoms with E-state index >= 15 is 0 Å². The zero-order chi connectivity index (χ0) is 14.1. The Hall–Kier alpha value is -1.56. The lowest BCUT2D eigenvalue weighted by atomic mass is 9.90. The largest absolute Gasteiger partial charge is 0.478 e. The molecule has 20 heavy (non-hydrogen) atoms. The van der Waals surface area contributed by atoms with E-state index in [0.717, 1.165) is 22.3 Å². The predicted molar refractivity (Wildman–Crippen MR) is 87.5 cm³/mol. The molecule has 0 aromatic heterocycles. The molecule has 2 aromatic carbocycles. The average Bonchev–Trinajstić information content (AvgIpc) is 2.39. The molecular weight excluding hydrogens is 365 g/mol. The van der Waals surface area contributed by atoms with Gasteiger partial charge in [0, 0.05) is 22.6 Å². The monoisotopic (exact) mass is 379 g/mol. The molecule has 2 aromatic rings. The van der Waals surface area contributed by atoms with E-state index in [2.05, 4.69) is 39.6 Å². The lowest BCUT2D eigenvalue weighted by Crippen LogP contribution is -2.45. The van der Waals surface area contributed by atoms with E-state index in [1.54, 1.807) is 6.07 Å². The molecule has 1 aliphatic heterocycles. The number of anilines is 1. The van der Waals surface area contributed by atoms with E-state index in [-0.39, 0.29) is 0 Å². The molecule has 0 radical (unpaired) electrons. The van der Waals surface area contributed by atoms with Gasteiger partial charge in [-0.25, -0.2) is 4.79 Å². The highest BCUT2D eigenvalue weighted by Gasteiger charge is 2.30. The molecule has 0 amide bonds. The molecule has 0 saturated carbocycles. The van der Waals surface area contributed by atoms with Crippen LogP contribution >= 0.6 is 22.6 Å². The molecule has 1 saturated heterocycles. The van der Waals surface area contributed by atoms with Crippen LogP contribution in [0.4, 0.5) is 5.69 Å². The summed E-state index contributed by atoms with van der Waals surface area (Å²) in [7, 11) is 0. The molecule has 3 nitrogen and oxygen atoms in total. The van der Waals surface area contributed by atoms with Crippen molar-refractivity contribution in [1.82, 2.24) is 0 Å². The highest BCUT2D eigenvalue weighted by atomic mass is 127. The van der Waals surface area contributed by atoms with Gasteiger partial charge in [0.1, 0.15) is 0 Å². The third-order valence-electron chi connectivity index (χ3n) is 3.68. The molecule has 1 aliphatic rings. The summed E-state index contributed by atoms with van der Waals surface area (Å²) in [5.41, 5.74) is 2.54. The van der Waals surface area contributed by atoms with Crippen LogP contribution in [-0.2, 0) is 0 Å². The Morgan fingerprint density at radius 1 is 1.15 bits per heavy atom. The number of hydrogen-bond acceptors (Lipinski definition) is 2. The van der Waals surface area contributed by atoms with Crippen molar-refractivity contribution < 1.29 is 9.90 Å². The van der Waals surface area contributed by atoms with Crippen molar-refractivity contribution >= 4 is 34.2 Å². The van der Waals surface area contributed by atoms with Crippen molar-refractivity contribution in [2.24, 2.45) is 0 Å². The molecular formula is C16H14INO2. The molecule has 1 fully saturated rings. The number of carbonyl (C=O) groups is 1. The van der Waals surface area contributed by atoms with Crippen molar-refractivity contribution in [2.45, 2.75) is 5.92 Å². The Morgan fingerprint density at radius 3 is 2.50 bits per heavy atom. The van der Waals surface area contributed by atoms with Crippen LogP contribution in [0.25, 0.3) is 0 Å². The van der Waals surface area contributed by atoms with Crippen molar-refractivity contribution in [3.05, 3.63) is 63.2 Å². The summed E-state index contributed by atoms with van der Waals surface area (Å²) in [6.07, 6.45) is 0. The average molecular weight is 379 g/mol. The van der Waals surface area contributed by atoms with Crippen molar-refractivity contribution in [2.75, 3.05) is 18.0 Å². The van der Waals surface area contributed by atoms with Gasteiger partial charge in [0.05, 0.1) is 11.3 Å². The maximum Gasteiger partial charge on any atom is 0.337 e. The zero-order valence-corrected chi connectivity index (χ0v) is 12.9. The first-order valence-corrected chi connectivity index (χ1v) is 7.56. The Bertz CT molecular complexity index is 636. The third-order valence-corrected chi connectivity index (χ3v) is 4.35. The van der Waals surface area contributed by atoms with Crippen molar-refractivity contribution in [1.29, 1.82) is 0 Å². The molecule has 3 rings (SSSR count). The number of benzene rings is 2. The van der Waals surface area contributed by atoms with E-state index in [4.69, 9.17) is 0 Å². The zero-order valence-electron chi connectivity index (χ0n) is 10.8. The fraction of sp³-hybridized carbons (Fsp3) is 0.188. The van der Waals surface area contributed by atoms with Crippen molar-refractivity contribution in [3.63, 3.8) is 0 Å². The van der Waals surface area contributed by atoms with Crippen molar-refractivity contribution in [3.8, 4) is 0 Å². The Balaban J connectivity index is 1.79. The summed E-state index contributed by atoms with van der Waals surface area (Å²) in [5.74, 6) is -0.362. The van der Waals surface area contributed by atoms with Crippen LogP contribution in [0.1, 0.15) is 21.8 Å². The van der Waals surface area contributed by atoms with E-state index in [9.17, 15) is 9.90 Å². The molecule has 1 heterocycles. The van der Waals surface area contributed by atoms with Gasteiger partial charge in [-0.15, -0.1) is 0 Å². The van der Waals surface area contributed by atoms with Crippen LogP contribution in [0.2, 0.25) is 0 Å². The number of nitrogens with zero attached hydrogens (tertiary/aromatic N) is 1. The number of rotatable bonds is 3. The SMILES string of the molecule is O=C(O)c1cc(I)ccc1N1CC(c2ccccc2)C1. The van der Waals surface area contributed by atoms with Gasteiger partial charge in [0.15, 0.2) is 0 Å². The van der Waals surface area contributed by atoms with E-state index < -0.39 is 5.97 Å². The first kappa shape index (κ1) is 13.4. The summed E-state index contributed by atoms with van der Waals surface area (Å²) in [6, 6.07) is 16.0. The molecule has 4 heteroatoms. The number of hydrogen-bond donors (Lipinski definition) is 1. The van der Waals surface area contributed by atoms with Gasteiger partial charge in [0.2, 0.25) is 0 Å². The highest BCUT2D eigenvalue weighted by molar-refractivity contribution is 14.1. The molecule has 0 aliphatic carbocycles. The lowest BCUT2D eigenvalue weighted by Gasteiger charge is -2.42. The van der Waals surface area contributed by atoms with Crippen LogP contribution in [0.15, 0.2) is 48.5 Å². The van der Waals surface area contributed by atoms with Gasteiger partial charge >= 0.3 is 5.97 Å². The molecule has 0 unspecified atom stereocenters. The van der Waals surface area contributed by atoms with Crippen LogP contribution in [0, 0.1) is 3.57 Å². The van der Waals surface area contributed by atoms with Crippen LogP contribution in [0.5, 0.6) is 0 Å². The smallest absolute Gasteiger partial charge is 0.337 e. The highest BCUT2D eigenvalue weighted by Crippen LogP contribution is 2.34. The molecule has 1 N–H and O–H groups in total. The van der Waals surface area contributed by atoms with E-state index in [0.29, 0.717) is 11.5 Å². The van der Waals surface area contributed by atoms with Gasteiger partial charge in [-0.2, -0.15) is 0 Å². The standard InChI is InChI=1S/C16H14INO2/c17-13-6-7-15(14(8-13)16(19)20)18-9-12(10-18)11-4-2-1-3-5-11/h1-8,12H,9-10H2,(H,19,20). The Kier molecular flexibility index (Phi) is 3.65. The van der Waals surface area contributed by atoms with E-state index in [1.165, 1.54) is 5.56 Å². The van der Waals surface area contributed by atoms with Gasteiger partial charge in [-0.3, -0.25) is 0 Å². The molecule has 0 bridgehead atoms. The second-order valence-electron chi connectivity index (χ2n) is 4.98. The van der Waals surface area contributed by atoms with Gasteiger partial charge in [0.25, 0.3) is 0 Å². The molecule has 0 atom stereocenters. The topological polar surface area (TPSA) is 40.5 Å². The second kappa shape index (κ2) is 5.44. The summed E-state index contributed by atoms with van der Waals surface area (Å²) in [6.45, 7) is 1.76. The minimum absolute atomic E-state index is 0.392. The second-order valence-corrected chi connectivity index (χ2v) is 6.22. The number of carboxylic acid groups (broad SMARTS) is 1. The summed E-state index contributed by atoms with van der Waals surface area (Å²) < 4.78 is 0.948. The number of halogens is 1. The third kappa shape index (κ3) is 2.52. The minimum atomic E-state index is -0.860. The van der Waals surface area contributed by atoms with Gasteiger partial charge in [-0.05, 0) is 46.4 Å². The first-order chi connectivity index (χ1) is 9.65. The normalized spacial score (nSPS) is 14.9. The number of aromatic carboxylic acids is 1. The van der Waals surface area contributed by atoms with E-state index in [1.807, 2.05) is 30.3 Å². The summed E-state index contributed by atoms with van der Waals surface area (Å²) in [4.78, 5) is 13.5. The van der Waals surface area contributed by atoms with Crippen LogP contribution < -0.4 is 4.90 Å². The Labute approximate surface area is 131 Å². The molecule has 102 valence electrons. The quantitative estimate of drug-likeness (QED) is 0.829. The van der Waals surface area contributed by atoms with Crippen LogP contribution in [0.3, 0.4) is 0 Å². The molecule has 0 spiro atoms. The maximum absolute atomic E-state index is 11.3. The van der Waals surface area contributed by atoms with Gasteiger partial charge < -0.3 is 10.0 Å². The lowest BCUT2D eigenvalue weighted by molar-refractivity contribution is 0.0697.